The van der Waals surface area contributed by atoms with E-state index in [9.17, 15) is 18.5 Å². The summed E-state index contributed by atoms with van der Waals surface area (Å²) in [6, 6.07) is 3.59. The number of rotatable bonds is 5. The summed E-state index contributed by atoms with van der Waals surface area (Å²) in [6.07, 6.45) is 0.646. The molecule has 7 heteroatoms. The summed E-state index contributed by atoms with van der Waals surface area (Å²) < 4.78 is 26.6. The van der Waals surface area contributed by atoms with Gasteiger partial charge in [0.15, 0.2) is 0 Å². The molecule has 0 spiro atoms. The molecule has 0 heterocycles. The Balaban J connectivity index is 3.23. The van der Waals surface area contributed by atoms with Crippen molar-refractivity contribution in [3.05, 3.63) is 33.9 Å². The van der Waals surface area contributed by atoms with E-state index >= 15 is 0 Å². The molecule has 0 aliphatic rings. The molecule has 0 aliphatic heterocycles. The molecule has 1 aromatic rings. The SMILES string of the molecule is CC[C@H](C)NS(=O)(=O)c1cc([N+](=O)[O-])ccc1C. The Bertz CT molecular complexity index is 554. The average Bonchev–Trinajstić information content (AvgIpc) is 2.28. The minimum absolute atomic E-state index is 0.0444. The van der Waals surface area contributed by atoms with Crippen LogP contribution in [0.3, 0.4) is 0 Å². The largest absolute Gasteiger partial charge is 0.270 e. The van der Waals surface area contributed by atoms with Crippen molar-refractivity contribution in [2.45, 2.75) is 38.1 Å². The second-order valence-corrected chi connectivity index (χ2v) is 5.82. The number of nitro groups is 1. The van der Waals surface area contributed by atoms with Gasteiger partial charge in [-0.25, -0.2) is 13.1 Å². The fourth-order valence-corrected chi connectivity index (χ4v) is 2.99. The maximum Gasteiger partial charge on any atom is 0.270 e. The van der Waals surface area contributed by atoms with Gasteiger partial charge in [-0.2, -0.15) is 0 Å². The zero-order valence-corrected chi connectivity index (χ0v) is 11.3. The monoisotopic (exact) mass is 272 g/mol. The lowest BCUT2D eigenvalue weighted by Crippen LogP contribution is -2.32. The van der Waals surface area contributed by atoms with Gasteiger partial charge in [-0.15, -0.1) is 0 Å². The van der Waals surface area contributed by atoms with Crippen molar-refractivity contribution in [3.8, 4) is 0 Å². The third-order valence-corrected chi connectivity index (χ3v) is 4.37. The molecular formula is C11H16N2O4S. The Morgan fingerprint density at radius 3 is 2.56 bits per heavy atom. The first kappa shape index (κ1) is 14.6. The summed E-state index contributed by atoms with van der Waals surface area (Å²) in [5, 5.41) is 10.7. The Hall–Kier alpha value is -1.47. The Labute approximate surface area is 106 Å². The first-order valence-electron chi connectivity index (χ1n) is 5.55. The fourth-order valence-electron chi connectivity index (χ4n) is 1.40. The van der Waals surface area contributed by atoms with E-state index in [0.29, 0.717) is 12.0 Å². The number of nitrogens with one attached hydrogen (secondary N) is 1. The highest BCUT2D eigenvalue weighted by atomic mass is 32.2. The van der Waals surface area contributed by atoms with Crippen molar-refractivity contribution in [2.75, 3.05) is 0 Å². The molecule has 0 amide bonds. The highest BCUT2D eigenvalue weighted by Crippen LogP contribution is 2.21. The Morgan fingerprint density at radius 2 is 2.06 bits per heavy atom. The van der Waals surface area contributed by atoms with E-state index in [1.54, 1.807) is 13.8 Å². The highest BCUT2D eigenvalue weighted by molar-refractivity contribution is 7.89. The summed E-state index contributed by atoms with van der Waals surface area (Å²) in [5.74, 6) is 0. The van der Waals surface area contributed by atoms with E-state index in [1.807, 2.05) is 6.92 Å². The van der Waals surface area contributed by atoms with Gasteiger partial charge in [0, 0.05) is 18.2 Å². The molecule has 6 nitrogen and oxygen atoms in total. The molecule has 1 rings (SSSR count). The van der Waals surface area contributed by atoms with Crippen molar-refractivity contribution in [1.82, 2.24) is 4.72 Å². The van der Waals surface area contributed by atoms with Crippen LogP contribution in [0, 0.1) is 17.0 Å². The van der Waals surface area contributed by atoms with Crippen LogP contribution in [0.5, 0.6) is 0 Å². The summed E-state index contributed by atoms with van der Waals surface area (Å²) in [5.41, 5.74) is 0.251. The number of nitro benzene ring substituents is 1. The smallest absolute Gasteiger partial charge is 0.258 e. The van der Waals surface area contributed by atoms with Gasteiger partial charge in [-0.1, -0.05) is 13.0 Å². The van der Waals surface area contributed by atoms with E-state index in [1.165, 1.54) is 12.1 Å². The predicted molar refractivity (Wildman–Crippen MR) is 67.9 cm³/mol. The minimum Gasteiger partial charge on any atom is -0.258 e. The van der Waals surface area contributed by atoms with E-state index in [0.717, 1.165) is 6.07 Å². The molecule has 18 heavy (non-hydrogen) atoms. The van der Waals surface area contributed by atoms with Gasteiger partial charge in [0.2, 0.25) is 10.0 Å². The van der Waals surface area contributed by atoms with Crippen LogP contribution >= 0.6 is 0 Å². The molecule has 0 saturated heterocycles. The van der Waals surface area contributed by atoms with Crippen molar-refractivity contribution in [3.63, 3.8) is 0 Å². The van der Waals surface area contributed by atoms with Crippen LogP contribution in [-0.4, -0.2) is 19.4 Å². The summed E-state index contributed by atoms with van der Waals surface area (Å²) in [6.45, 7) is 5.20. The molecule has 0 radical (unpaired) electrons. The summed E-state index contributed by atoms with van der Waals surface area (Å²) in [4.78, 5) is 10.0. The second-order valence-electron chi connectivity index (χ2n) is 4.14. The molecule has 1 aromatic carbocycles. The van der Waals surface area contributed by atoms with E-state index in [2.05, 4.69) is 4.72 Å². The fraction of sp³-hybridized carbons (Fsp3) is 0.455. The van der Waals surface area contributed by atoms with Gasteiger partial charge in [0.25, 0.3) is 5.69 Å². The maximum atomic E-state index is 12.1. The van der Waals surface area contributed by atoms with E-state index < -0.39 is 14.9 Å². The molecule has 0 fully saturated rings. The van der Waals surface area contributed by atoms with Crippen LogP contribution in [0.15, 0.2) is 23.1 Å². The lowest BCUT2D eigenvalue weighted by atomic mass is 10.2. The standard InChI is InChI=1S/C11H16N2O4S/c1-4-9(3)12-18(16,17)11-7-10(13(14)15)6-5-8(11)2/h5-7,9,12H,4H2,1-3H3/t9-/m0/s1. The average molecular weight is 272 g/mol. The van der Waals surface area contributed by atoms with Gasteiger partial charge >= 0.3 is 0 Å². The number of hydrogen-bond acceptors (Lipinski definition) is 4. The molecule has 0 unspecified atom stereocenters. The number of sulfonamides is 1. The van der Waals surface area contributed by atoms with Crippen LogP contribution < -0.4 is 4.72 Å². The summed E-state index contributed by atoms with van der Waals surface area (Å²) in [7, 11) is -3.71. The van der Waals surface area contributed by atoms with Gasteiger partial charge in [-0.05, 0) is 25.8 Å². The third-order valence-electron chi connectivity index (χ3n) is 2.64. The molecule has 1 atom stereocenters. The van der Waals surface area contributed by atoms with Gasteiger partial charge < -0.3 is 0 Å². The molecule has 0 bridgehead atoms. The van der Waals surface area contributed by atoms with Crippen LogP contribution in [0.4, 0.5) is 5.69 Å². The van der Waals surface area contributed by atoms with Gasteiger partial charge in [0.05, 0.1) is 9.82 Å². The van der Waals surface area contributed by atoms with Crippen molar-refractivity contribution in [1.29, 1.82) is 0 Å². The zero-order valence-electron chi connectivity index (χ0n) is 10.5. The van der Waals surface area contributed by atoms with Crippen LogP contribution in [-0.2, 0) is 10.0 Å². The third kappa shape index (κ3) is 3.27. The van der Waals surface area contributed by atoms with Crippen molar-refractivity contribution in [2.24, 2.45) is 0 Å². The topological polar surface area (TPSA) is 89.3 Å². The Kier molecular flexibility index (Phi) is 4.42. The minimum atomic E-state index is -3.71. The number of aryl methyl sites for hydroxylation is 1. The van der Waals surface area contributed by atoms with Gasteiger partial charge in [-0.3, -0.25) is 10.1 Å². The zero-order chi connectivity index (χ0) is 13.9. The van der Waals surface area contributed by atoms with Crippen LogP contribution in [0.1, 0.15) is 25.8 Å². The lowest BCUT2D eigenvalue weighted by Gasteiger charge is -2.13. The normalized spacial score (nSPS) is 13.3. The molecule has 100 valence electrons. The number of hydrogen-bond donors (Lipinski definition) is 1. The molecule has 0 aliphatic carbocycles. The van der Waals surface area contributed by atoms with Crippen molar-refractivity contribution < 1.29 is 13.3 Å². The van der Waals surface area contributed by atoms with Crippen LogP contribution in [0.2, 0.25) is 0 Å². The lowest BCUT2D eigenvalue weighted by molar-refractivity contribution is -0.385. The van der Waals surface area contributed by atoms with Gasteiger partial charge in [0.1, 0.15) is 0 Å². The first-order chi connectivity index (χ1) is 8.27. The molecular weight excluding hydrogens is 256 g/mol. The number of benzene rings is 1. The van der Waals surface area contributed by atoms with Crippen LogP contribution in [0.25, 0.3) is 0 Å². The number of non-ortho nitro benzene ring substituents is 1. The van der Waals surface area contributed by atoms with E-state index in [-0.39, 0.29) is 16.6 Å². The summed E-state index contributed by atoms with van der Waals surface area (Å²) >= 11 is 0. The number of nitrogens with zero attached hydrogens (tertiary/aromatic N) is 1. The quantitative estimate of drug-likeness (QED) is 0.655. The highest BCUT2D eigenvalue weighted by Gasteiger charge is 2.21. The molecule has 0 saturated carbocycles. The molecule has 1 N–H and O–H groups in total. The maximum absolute atomic E-state index is 12.1. The first-order valence-corrected chi connectivity index (χ1v) is 7.03. The Morgan fingerprint density at radius 1 is 1.44 bits per heavy atom. The molecule has 0 aromatic heterocycles. The second kappa shape index (κ2) is 5.45. The predicted octanol–water partition coefficient (Wildman–Crippen LogP) is 1.98. The van der Waals surface area contributed by atoms with E-state index in [4.69, 9.17) is 0 Å². The van der Waals surface area contributed by atoms with Crippen molar-refractivity contribution >= 4 is 15.7 Å².